The summed E-state index contributed by atoms with van der Waals surface area (Å²) in [5, 5.41) is 3.18. The van der Waals surface area contributed by atoms with E-state index in [4.69, 9.17) is 0 Å². The van der Waals surface area contributed by atoms with Gasteiger partial charge in [-0.3, -0.25) is 9.36 Å². The van der Waals surface area contributed by atoms with Gasteiger partial charge >= 0.3 is 0 Å². The maximum absolute atomic E-state index is 11.6. The van der Waals surface area contributed by atoms with Gasteiger partial charge in [-0.25, -0.2) is 9.97 Å². The van der Waals surface area contributed by atoms with Crippen molar-refractivity contribution in [2.75, 3.05) is 5.32 Å². The van der Waals surface area contributed by atoms with E-state index in [0.29, 0.717) is 17.7 Å². The molecule has 2 heterocycles. The lowest BCUT2D eigenvalue weighted by Crippen LogP contribution is -2.18. The highest BCUT2D eigenvalue weighted by atomic mass is 16.1. The van der Waals surface area contributed by atoms with Gasteiger partial charge in [0.1, 0.15) is 0 Å². The minimum Gasteiger partial charge on any atom is -0.352 e. The molecule has 2 rings (SSSR count). The molecule has 18 heavy (non-hydrogen) atoms. The molecule has 1 atom stereocenters. The van der Waals surface area contributed by atoms with Gasteiger partial charge in [-0.15, -0.1) is 0 Å². The molecule has 0 bridgehead atoms. The van der Waals surface area contributed by atoms with Crippen LogP contribution in [0.25, 0.3) is 5.69 Å². The van der Waals surface area contributed by atoms with Gasteiger partial charge in [0.25, 0.3) is 5.56 Å². The fourth-order valence-corrected chi connectivity index (χ4v) is 1.48. The van der Waals surface area contributed by atoms with Crippen LogP contribution in [-0.4, -0.2) is 20.6 Å². The highest BCUT2D eigenvalue weighted by Crippen LogP contribution is 2.06. The molecule has 0 aliphatic heterocycles. The van der Waals surface area contributed by atoms with E-state index in [1.54, 1.807) is 30.7 Å². The first-order chi connectivity index (χ1) is 8.70. The molecular weight excluding hydrogens is 228 g/mol. The van der Waals surface area contributed by atoms with Crippen molar-refractivity contribution in [1.29, 1.82) is 0 Å². The molecule has 0 fully saturated rings. The van der Waals surface area contributed by atoms with E-state index < -0.39 is 0 Å². The second-order valence-corrected chi connectivity index (χ2v) is 4.13. The van der Waals surface area contributed by atoms with Crippen molar-refractivity contribution in [3.8, 4) is 5.69 Å². The minimum absolute atomic E-state index is 0.0938. The number of nitrogens with zero attached hydrogens (tertiary/aromatic N) is 3. The van der Waals surface area contributed by atoms with Crippen molar-refractivity contribution in [3.05, 3.63) is 47.1 Å². The molecule has 5 heteroatoms. The molecule has 1 unspecified atom stereocenters. The smallest absolute Gasteiger partial charge is 0.255 e. The van der Waals surface area contributed by atoms with Crippen LogP contribution in [0.2, 0.25) is 0 Å². The summed E-state index contributed by atoms with van der Waals surface area (Å²) in [4.78, 5) is 20.0. The van der Waals surface area contributed by atoms with Crippen LogP contribution in [0.1, 0.15) is 20.3 Å². The minimum atomic E-state index is -0.0938. The summed E-state index contributed by atoms with van der Waals surface area (Å²) in [6.07, 6.45) is 5.98. The van der Waals surface area contributed by atoms with Gasteiger partial charge in [0.2, 0.25) is 5.95 Å². The predicted molar refractivity (Wildman–Crippen MR) is 71.0 cm³/mol. The first-order valence-corrected chi connectivity index (χ1v) is 5.97. The highest BCUT2D eigenvalue weighted by Gasteiger charge is 2.03. The third kappa shape index (κ3) is 2.74. The Morgan fingerprint density at radius 3 is 2.67 bits per heavy atom. The molecule has 0 aromatic carbocycles. The van der Waals surface area contributed by atoms with Gasteiger partial charge in [0.15, 0.2) is 0 Å². The fraction of sp³-hybridized carbons (Fsp3) is 0.308. The molecule has 1 N–H and O–H groups in total. The summed E-state index contributed by atoms with van der Waals surface area (Å²) in [6.45, 7) is 4.16. The fourth-order valence-electron chi connectivity index (χ4n) is 1.48. The van der Waals surface area contributed by atoms with E-state index in [1.807, 2.05) is 0 Å². The molecule has 0 amide bonds. The normalized spacial score (nSPS) is 12.1. The monoisotopic (exact) mass is 244 g/mol. The number of hydrogen-bond acceptors (Lipinski definition) is 4. The van der Waals surface area contributed by atoms with E-state index in [1.165, 1.54) is 10.6 Å². The van der Waals surface area contributed by atoms with Crippen LogP contribution in [0.15, 0.2) is 41.6 Å². The molecule has 2 aromatic heterocycles. The number of hydrogen-bond donors (Lipinski definition) is 1. The number of rotatable bonds is 4. The van der Waals surface area contributed by atoms with Crippen molar-refractivity contribution in [2.45, 2.75) is 26.3 Å². The molecule has 0 saturated carbocycles. The molecule has 0 radical (unpaired) electrons. The van der Waals surface area contributed by atoms with Crippen LogP contribution in [-0.2, 0) is 0 Å². The summed E-state index contributed by atoms with van der Waals surface area (Å²) in [5.41, 5.74) is 0.569. The Kier molecular flexibility index (Phi) is 3.72. The van der Waals surface area contributed by atoms with Crippen LogP contribution in [0, 0.1) is 0 Å². The standard InChI is InChI=1S/C13H16N4O/c1-3-10(2)16-13-14-8-11(9-15-13)17-7-5-4-6-12(17)18/h4-10H,3H2,1-2H3,(H,14,15,16). The number of anilines is 1. The van der Waals surface area contributed by atoms with Gasteiger partial charge < -0.3 is 5.32 Å². The maximum Gasteiger partial charge on any atom is 0.255 e. The molecule has 0 spiro atoms. The van der Waals surface area contributed by atoms with E-state index in [9.17, 15) is 4.79 Å². The number of pyridine rings is 1. The Bertz CT molecular complexity index is 562. The van der Waals surface area contributed by atoms with Crippen LogP contribution in [0.4, 0.5) is 5.95 Å². The largest absolute Gasteiger partial charge is 0.352 e. The predicted octanol–water partition coefficient (Wildman–Crippen LogP) is 1.84. The van der Waals surface area contributed by atoms with Crippen molar-refractivity contribution in [2.24, 2.45) is 0 Å². The van der Waals surface area contributed by atoms with Crippen molar-refractivity contribution in [1.82, 2.24) is 14.5 Å². The maximum atomic E-state index is 11.6. The van der Waals surface area contributed by atoms with Gasteiger partial charge in [0.05, 0.1) is 18.1 Å². The second kappa shape index (κ2) is 5.44. The van der Waals surface area contributed by atoms with Crippen molar-refractivity contribution in [3.63, 3.8) is 0 Å². The molecule has 94 valence electrons. The zero-order valence-electron chi connectivity index (χ0n) is 10.5. The van der Waals surface area contributed by atoms with E-state index in [-0.39, 0.29) is 5.56 Å². The van der Waals surface area contributed by atoms with Crippen LogP contribution >= 0.6 is 0 Å². The lowest BCUT2D eigenvalue weighted by molar-refractivity contribution is 0.752. The number of aromatic nitrogens is 3. The Balaban J connectivity index is 2.23. The lowest BCUT2D eigenvalue weighted by Gasteiger charge is -2.11. The van der Waals surface area contributed by atoms with Crippen LogP contribution in [0.5, 0.6) is 0 Å². The zero-order valence-corrected chi connectivity index (χ0v) is 10.5. The second-order valence-electron chi connectivity index (χ2n) is 4.13. The third-order valence-corrected chi connectivity index (χ3v) is 2.73. The quantitative estimate of drug-likeness (QED) is 0.891. The Labute approximate surface area is 106 Å². The third-order valence-electron chi connectivity index (χ3n) is 2.73. The van der Waals surface area contributed by atoms with Gasteiger partial charge in [-0.1, -0.05) is 13.0 Å². The SMILES string of the molecule is CCC(C)Nc1ncc(-n2ccccc2=O)cn1. The van der Waals surface area contributed by atoms with Gasteiger partial charge in [-0.2, -0.15) is 0 Å². The molecule has 0 aliphatic rings. The van der Waals surface area contributed by atoms with Gasteiger partial charge in [-0.05, 0) is 19.4 Å². The summed E-state index contributed by atoms with van der Waals surface area (Å²) < 4.78 is 1.51. The Morgan fingerprint density at radius 2 is 2.06 bits per heavy atom. The summed E-state index contributed by atoms with van der Waals surface area (Å²) >= 11 is 0. The van der Waals surface area contributed by atoms with E-state index >= 15 is 0 Å². The van der Waals surface area contributed by atoms with Crippen molar-refractivity contribution < 1.29 is 0 Å². The average Bonchev–Trinajstić information content (AvgIpc) is 2.40. The lowest BCUT2D eigenvalue weighted by atomic mass is 10.3. The van der Waals surface area contributed by atoms with Gasteiger partial charge in [0, 0.05) is 18.3 Å². The topological polar surface area (TPSA) is 59.8 Å². The van der Waals surface area contributed by atoms with Crippen molar-refractivity contribution >= 4 is 5.95 Å². The molecule has 5 nitrogen and oxygen atoms in total. The average molecular weight is 244 g/mol. The highest BCUT2D eigenvalue weighted by molar-refractivity contribution is 5.33. The first kappa shape index (κ1) is 12.3. The van der Waals surface area contributed by atoms with E-state index in [2.05, 4.69) is 29.1 Å². The molecule has 0 saturated heterocycles. The summed E-state index contributed by atoms with van der Waals surface area (Å²) in [6, 6.07) is 5.34. The molecule has 0 aliphatic carbocycles. The van der Waals surface area contributed by atoms with Crippen LogP contribution in [0.3, 0.4) is 0 Å². The zero-order chi connectivity index (χ0) is 13.0. The summed E-state index contributed by atoms with van der Waals surface area (Å²) in [5.74, 6) is 0.581. The Morgan fingerprint density at radius 1 is 1.33 bits per heavy atom. The first-order valence-electron chi connectivity index (χ1n) is 5.97. The van der Waals surface area contributed by atoms with Crippen LogP contribution < -0.4 is 10.9 Å². The molecule has 2 aromatic rings. The number of nitrogens with one attached hydrogen (secondary N) is 1. The van der Waals surface area contributed by atoms with E-state index in [0.717, 1.165) is 6.42 Å². The molecular formula is C13H16N4O. The Hall–Kier alpha value is -2.17. The summed E-state index contributed by atoms with van der Waals surface area (Å²) in [7, 11) is 0.